The molecule has 9 rings (SSSR count). The number of benzene rings is 6. The molecule has 0 spiro atoms. The fourth-order valence-electron chi connectivity index (χ4n) is 7.87. The number of aliphatic hydroxyl groups excluding tert-OH is 3. The standard InChI is InChI=1S/3C19H19F3N4O/c3*1-12(13(2)27)26-24-18(23-25-26)17-6-4-3-5-15(17)11-14-7-9-16(10-8-14)19(20,21)22/h3*3-10,12-13,27H,11H2,1-2H3/t2*12-,13+;12-,13-/m101/s1. The highest BCUT2D eigenvalue weighted by Crippen LogP contribution is 2.33. The van der Waals surface area contributed by atoms with E-state index in [-0.39, 0.29) is 18.1 Å². The van der Waals surface area contributed by atoms with Crippen molar-refractivity contribution in [2.75, 3.05) is 0 Å². The van der Waals surface area contributed by atoms with Gasteiger partial charge in [-0.15, -0.1) is 30.6 Å². The van der Waals surface area contributed by atoms with Crippen LogP contribution in [0.3, 0.4) is 0 Å². The van der Waals surface area contributed by atoms with Gasteiger partial charge in [0.05, 0.1) is 53.1 Å². The lowest BCUT2D eigenvalue weighted by Crippen LogP contribution is -2.20. The summed E-state index contributed by atoms with van der Waals surface area (Å²) >= 11 is 0. The average Bonchev–Trinajstić information content (AvgIpc) is 4.26. The molecule has 0 radical (unpaired) electrons. The van der Waals surface area contributed by atoms with Crippen molar-refractivity contribution in [1.82, 2.24) is 60.6 Å². The van der Waals surface area contributed by atoms with Crippen molar-refractivity contribution in [3.05, 3.63) is 196 Å². The summed E-state index contributed by atoms with van der Waals surface area (Å²) in [5.74, 6) is 1.22. The van der Waals surface area contributed by atoms with Gasteiger partial charge in [0.2, 0.25) is 17.5 Å². The van der Waals surface area contributed by atoms with Crippen molar-refractivity contribution in [3.8, 4) is 34.2 Å². The van der Waals surface area contributed by atoms with Crippen molar-refractivity contribution in [2.45, 2.75) is 116 Å². The topological polar surface area (TPSA) is 191 Å². The molecule has 0 saturated carbocycles. The lowest BCUT2D eigenvalue weighted by molar-refractivity contribution is -0.138. The third-order valence-corrected chi connectivity index (χ3v) is 13.3. The van der Waals surface area contributed by atoms with E-state index in [0.29, 0.717) is 36.7 Å². The van der Waals surface area contributed by atoms with E-state index in [2.05, 4.69) is 46.2 Å². The minimum absolute atomic E-state index is 0.326. The second-order valence-electron chi connectivity index (χ2n) is 19.3. The number of hydrogen-bond acceptors (Lipinski definition) is 12. The van der Waals surface area contributed by atoms with Crippen LogP contribution >= 0.6 is 0 Å². The Morgan fingerprint density at radius 2 is 0.568 bits per heavy atom. The monoisotopic (exact) mass is 1130 g/mol. The Morgan fingerprint density at radius 3 is 0.778 bits per heavy atom. The van der Waals surface area contributed by atoms with Crippen molar-refractivity contribution >= 4 is 0 Å². The maximum absolute atomic E-state index is 12.7. The van der Waals surface area contributed by atoms with Gasteiger partial charge in [0, 0.05) is 16.7 Å². The first kappa shape index (κ1) is 60.4. The quantitative estimate of drug-likeness (QED) is 0.0824. The summed E-state index contributed by atoms with van der Waals surface area (Å²) in [6.45, 7) is 10.3. The van der Waals surface area contributed by atoms with Crippen LogP contribution in [0.4, 0.5) is 39.5 Å². The van der Waals surface area contributed by atoms with Gasteiger partial charge in [-0.05, 0) is 146 Å². The minimum Gasteiger partial charge on any atom is -0.391 e. The van der Waals surface area contributed by atoms with E-state index >= 15 is 0 Å². The highest BCUT2D eigenvalue weighted by atomic mass is 19.4. The van der Waals surface area contributed by atoms with E-state index in [1.165, 1.54) is 50.8 Å². The normalized spacial score (nSPS) is 14.1. The molecule has 0 fully saturated rings. The molecular formula is C57H57F9N12O3. The molecule has 3 aromatic heterocycles. The third-order valence-electron chi connectivity index (χ3n) is 13.3. The van der Waals surface area contributed by atoms with Gasteiger partial charge in [-0.25, -0.2) is 0 Å². The van der Waals surface area contributed by atoms with Crippen molar-refractivity contribution in [2.24, 2.45) is 0 Å². The maximum atomic E-state index is 12.7. The summed E-state index contributed by atoms with van der Waals surface area (Å²) in [5, 5.41) is 66.2. The van der Waals surface area contributed by atoms with Crippen molar-refractivity contribution in [3.63, 3.8) is 0 Å². The van der Waals surface area contributed by atoms with Gasteiger partial charge in [-0.1, -0.05) is 109 Å². The van der Waals surface area contributed by atoms with Crippen LogP contribution in [0.5, 0.6) is 0 Å². The minimum atomic E-state index is -4.35. The molecule has 0 unspecified atom stereocenters. The molecule has 426 valence electrons. The zero-order valence-electron chi connectivity index (χ0n) is 44.6. The summed E-state index contributed by atoms with van der Waals surface area (Å²) in [6, 6.07) is 36.6. The molecular weight excluding hydrogens is 1070 g/mol. The Kier molecular flexibility index (Phi) is 19.3. The summed E-state index contributed by atoms with van der Waals surface area (Å²) in [4.78, 5) is 4.07. The molecule has 3 heterocycles. The molecule has 0 aliphatic heterocycles. The second kappa shape index (κ2) is 25.9. The Bertz CT molecular complexity index is 3070. The summed E-state index contributed by atoms with van der Waals surface area (Å²) in [7, 11) is 0. The fraction of sp³-hybridized carbons (Fsp3) is 0.316. The molecule has 0 aliphatic rings. The number of halogens is 9. The van der Waals surface area contributed by atoms with Gasteiger partial charge in [0.15, 0.2) is 0 Å². The van der Waals surface area contributed by atoms with E-state index in [9.17, 15) is 54.8 Å². The van der Waals surface area contributed by atoms with E-state index < -0.39 is 53.5 Å². The van der Waals surface area contributed by atoms with Crippen LogP contribution < -0.4 is 0 Å². The highest BCUT2D eigenvalue weighted by Gasteiger charge is 2.32. The third kappa shape index (κ3) is 16.0. The summed E-state index contributed by atoms with van der Waals surface area (Å²) in [5.41, 5.74) is 5.12. The van der Waals surface area contributed by atoms with Gasteiger partial charge in [0.1, 0.15) is 0 Å². The molecule has 81 heavy (non-hydrogen) atoms. The largest absolute Gasteiger partial charge is 0.416 e. The molecule has 0 aliphatic carbocycles. The van der Waals surface area contributed by atoms with Crippen LogP contribution in [0.2, 0.25) is 0 Å². The number of nitrogens with zero attached hydrogens (tertiary/aromatic N) is 12. The Hall–Kier alpha value is -8.22. The molecule has 9 aromatic rings. The van der Waals surface area contributed by atoms with Crippen LogP contribution in [0.1, 0.15) is 110 Å². The van der Waals surface area contributed by atoms with E-state index in [1.807, 2.05) is 72.8 Å². The van der Waals surface area contributed by atoms with Gasteiger partial charge < -0.3 is 15.3 Å². The summed E-state index contributed by atoms with van der Waals surface area (Å²) < 4.78 is 114. The number of hydrogen-bond donors (Lipinski definition) is 3. The number of tetrazole rings is 3. The molecule has 0 bridgehead atoms. The van der Waals surface area contributed by atoms with E-state index in [1.54, 1.807) is 41.5 Å². The van der Waals surface area contributed by atoms with Gasteiger partial charge in [0.25, 0.3) is 0 Å². The Morgan fingerprint density at radius 1 is 0.346 bits per heavy atom. The number of rotatable bonds is 15. The van der Waals surface area contributed by atoms with Crippen LogP contribution in [-0.2, 0) is 37.8 Å². The van der Waals surface area contributed by atoms with Crippen LogP contribution in [-0.4, -0.2) is 94.3 Å². The predicted molar refractivity (Wildman–Crippen MR) is 282 cm³/mol. The Labute approximate surface area is 459 Å². The highest BCUT2D eigenvalue weighted by molar-refractivity contribution is 5.62. The number of aliphatic hydroxyl groups is 3. The van der Waals surface area contributed by atoms with Crippen LogP contribution in [0.15, 0.2) is 146 Å². The van der Waals surface area contributed by atoms with Crippen LogP contribution in [0.25, 0.3) is 34.2 Å². The van der Waals surface area contributed by atoms with Gasteiger partial charge in [-0.2, -0.15) is 53.9 Å². The zero-order chi connectivity index (χ0) is 58.8. The van der Waals surface area contributed by atoms with Gasteiger partial charge >= 0.3 is 18.5 Å². The molecule has 6 aromatic carbocycles. The lowest BCUT2D eigenvalue weighted by Gasteiger charge is -2.12. The number of aromatic nitrogens is 12. The van der Waals surface area contributed by atoms with Crippen LogP contribution in [0, 0.1) is 0 Å². The van der Waals surface area contributed by atoms with E-state index in [4.69, 9.17) is 0 Å². The van der Waals surface area contributed by atoms with E-state index in [0.717, 1.165) is 86.5 Å². The molecule has 0 amide bonds. The fourth-order valence-corrected chi connectivity index (χ4v) is 7.87. The molecule has 24 heteroatoms. The number of alkyl halides is 9. The first-order valence-electron chi connectivity index (χ1n) is 25.4. The van der Waals surface area contributed by atoms with Crippen molar-refractivity contribution < 1.29 is 54.8 Å². The van der Waals surface area contributed by atoms with Gasteiger partial charge in [-0.3, -0.25) is 0 Å². The molecule has 15 nitrogen and oxygen atoms in total. The molecule has 0 saturated heterocycles. The van der Waals surface area contributed by atoms with Crippen molar-refractivity contribution in [1.29, 1.82) is 0 Å². The smallest absolute Gasteiger partial charge is 0.391 e. The lowest BCUT2D eigenvalue weighted by atomic mass is 9.98. The predicted octanol–water partition coefficient (Wildman–Crippen LogP) is 11.7. The zero-order valence-corrected chi connectivity index (χ0v) is 44.6. The first-order chi connectivity index (χ1) is 38.3. The SMILES string of the molecule is C[C@@H](O)[C@H](C)n1nnc(-c2ccccc2Cc2ccc(C(F)(F)F)cc2)n1.C[C@H](O)[C@@H](C)n1nnc(-c2ccccc2Cc2ccc(C(F)(F)F)cc2)n1.C[C@H]([C@@H](C)O)n1nnc(-c2ccccc2Cc2ccc(C(F)(F)F)cc2)n1. The second-order valence-corrected chi connectivity index (χ2v) is 19.3. The molecule has 6 atom stereocenters. The first-order valence-corrected chi connectivity index (χ1v) is 25.4. The maximum Gasteiger partial charge on any atom is 0.416 e. The molecule has 3 N–H and O–H groups in total. The summed E-state index contributed by atoms with van der Waals surface area (Å²) in [6.07, 6.45) is -13.6. The Balaban J connectivity index is 0.000000175. The average molecular weight is 1130 g/mol.